The molecule has 3 rings (SSSR count). The Kier molecular flexibility index (Phi) is 10.0. The van der Waals surface area contributed by atoms with Gasteiger partial charge in [-0.3, -0.25) is 9.79 Å². The lowest BCUT2D eigenvalue weighted by Gasteiger charge is -2.05. The number of rotatable bonds is 8. The number of nitrogens with zero attached hydrogens (tertiary/aromatic N) is 4. The molecule has 0 aliphatic rings. The van der Waals surface area contributed by atoms with Gasteiger partial charge in [-0.2, -0.15) is 5.10 Å². The molecule has 0 amide bonds. The number of carbonyl (C=O) groups excluding carboxylic acids is 1. The van der Waals surface area contributed by atoms with Crippen molar-refractivity contribution in [3.63, 3.8) is 0 Å². The van der Waals surface area contributed by atoms with Crippen molar-refractivity contribution in [2.75, 3.05) is 0 Å². The zero-order valence-corrected chi connectivity index (χ0v) is 20.0. The predicted molar refractivity (Wildman–Crippen MR) is 135 cm³/mol. The van der Waals surface area contributed by atoms with Crippen molar-refractivity contribution in [3.8, 4) is 11.3 Å². The second kappa shape index (κ2) is 12.7. The van der Waals surface area contributed by atoms with Gasteiger partial charge in [0, 0.05) is 35.1 Å². The molecule has 0 saturated carbocycles. The second-order valence-electron chi connectivity index (χ2n) is 7.44. The van der Waals surface area contributed by atoms with Crippen LogP contribution in [-0.4, -0.2) is 26.1 Å². The highest BCUT2D eigenvalue weighted by atomic mass is 35.5. The molecule has 6 heteroatoms. The summed E-state index contributed by atoms with van der Waals surface area (Å²) in [5.74, 6) is 0.623. The number of ketones is 1. The quantitative estimate of drug-likeness (QED) is 0.206. The number of Topliss-reactive ketones (excluding diaryl/α,β-unsaturated/α-hetero) is 1. The fourth-order valence-electron chi connectivity index (χ4n) is 2.94. The highest BCUT2D eigenvalue weighted by Crippen LogP contribution is 2.27. The van der Waals surface area contributed by atoms with Crippen LogP contribution in [0.15, 0.2) is 72.5 Å². The predicted octanol–water partition coefficient (Wildman–Crippen LogP) is 7.23. The van der Waals surface area contributed by atoms with Crippen LogP contribution in [0, 0.1) is 5.92 Å². The third-order valence-corrected chi connectivity index (χ3v) is 5.33. The van der Waals surface area contributed by atoms with Gasteiger partial charge in [-0.1, -0.05) is 57.2 Å². The molecule has 168 valence electrons. The fraction of sp³-hybridized carbons (Fsp3) is 0.308. The van der Waals surface area contributed by atoms with Crippen molar-refractivity contribution < 1.29 is 4.79 Å². The van der Waals surface area contributed by atoms with Crippen LogP contribution in [0.25, 0.3) is 16.9 Å². The Morgan fingerprint density at radius 2 is 1.97 bits per heavy atom. The lowest BCUT2D eigenvalue weighted by molar-refractivity contribution is 0.0978. The van der Waals surface area contributed by atoms with Crippen LogP contribution in [0.4, 0.5) is 0 Å². The standard InChI is InChI=1S/C16H14ClN3O.C10H17N/c1-2-4-13(21)15-16(11-6-8-12(17)9-7-11)20-14(19-15)5-3-10-18-20;1-5-7-8-11-10(4)9(3)6-2/h3,5-10H,2,4H2,1H3;5,7-9H,1,6H2,2-4H3/b;8-7-,11-10?. The maximum atomic E-state index is 12.3. The molecule has 0 saturated heterocycles. The van der Waals surface area contributed by atoms with Gasteiger partial charge in [0.1, 0.15) is 11.4 Å². The number of hydrogen-bond acceptors (Lipinski definition) is 4. The molecule has 2 heterocycles. The minimum Gasteiger partial charge on any atom is -0.292 e. The topological polar surface area (TPSA) is 59.6 Å². The number of halogens is 1. The number of hydrogen-bond donors (Lipinski definition) is 0. The van der Waals surface area contributed by atoms with Gasteiger partial charge in [0.05, 0.1) is 0 Å². The number of fused-ring (bicyclic) bond motifs is 1. The fourth-order valence-corrected chi connectivity index (χ4v) is 3.07. The summed E-state index contributed by atoms with van der Waals surface area (Å²) >= 11 is 5.94. The van der Waals surface area contributed by atoms with Crippen LogP contribution in [0.5, 0.6) is 0 Å². The molecule has 1 aromatic carbocycles. The normalized spacial score (nSPS) is 12.5. The van der Waals surface area contributed by atoms with E-state index in [1.54, 1.807) is 35.1 Å². The summed E-state index contributed by atoms with van der Waals surface area (Å²) < 4.78 is 1.70. The van der Waals surface area contributed by atoms with E-state index in [2.05, 4.69) is 42.4 Å². The van der Waals surface area contributed by atoms with E-state index in [0.29, 0.717) is 28.7 Å². The average molecular weight is 451 g/mol. The molecule has 0 radical (unpaired) electrons. The summed E-state index contributed by atoms with van der Waals surface area (Å²) in [7, 11) is 0. The molecule has 5 nitrogen and oxygen atoms in total. The van der Waals surface area contributed by atoms with E-state index in [0.717, 1.165) is 24.1 Å². The number of aromatic nitrogens is 3. The van der Waals surface area contributed by atoms with Crippen LogP contribution in [0.3, 0.4) is 0 Å². The van der Waals surface area contributed by atoms with Gasteiger partial charge >= 0.3 is 0 Å². The average Bonchev–Trinajstić information content (AvgIpc) is 3.19. The molecular weight excluding hydrogens is 420 g/mol. The van der Waals surface area contributed by atoms with Gasteiger partial charge in [0.25, 0.3) is 0 Å². The minimum absolute atomic E-state index is 0.0351. The number of benzene rings is 1. The monoisotopic (exact) mass is 450 g/mol. The molecule has 0 aliphatic heterocycles. The second-order valence-corrected chi connectivity index (χ2v) is 7.88. The molecule has 0 spiro atoms. The van der Waals surface area contributed by atoms with Crippen molar-refractivity contribution >= 4 is 28.7 Å². The maximum Gasteiger partial charge on any atom is 0.183 e. The van der Waals surface area contributed by atoms with Gasteiger partial charge < -0.3 is 0 Å². The van der Waals surface area contributed by atoms with E-state index in [1.165, 1.54) is 5.71 Å². The van der Waals surface area contributed by atoms with Gasteiger partial charge in [0.15, 0.2) is 11.4 Å². The molecule has 32 heavy (non-hydrogen) atoms. The van der Waals surface area contributed by atoms with Crippen molar-refractivity contribution in [1.29, 1.82) is 0 Å². The molecule has 0 aliphatic carbocycles. The Balaban J connectivity index is 0.000000282. The number of carbonyl (C=O) groups is 1. The zero-order valence-electron chi connectivity index (χ0n) is 19.3. The van der Waals surface area contributed by atoms with Crippen molar-refractivity contribution in [1.82, 2.24) is 14.6 Å². The van der Waals surface area contributed by atoms with E-state index in [9.17, 15) is 4.79 Å². The first-order chi connectivity index (χ1) is 15.4. The van der Waals surface area contributed by atoms with E-state index >= 15 is 0 Å². The van der Waals surface area contributed by atoms with Crippen LogP contribution in [0.1, 0.15) is 57.4 Å². The SMILES string of the molecule is C=C/C=C\N=C(C)C(C)CC.CCCC(=O)c1nc2cccnn2c1-c1ccc(Cl)cc1. The Hall–Kier alpha value is -3.05. The number of allylic oxidation sites excluding steroid dienone is 2. The molecule has 0 fully saturated rings. The van der Waals surface area contributed by atoms with Crippen LogP contribution in [-0.2, 0) is 0 Å². The summed E-state index contributed by atoms with van der Waals surface area (Å²) in [6, 6.07) is 11.0. The molecule has 2 aromatic heterocycles. The molecule has 1 unspecified atom stereocenters. The highest BCUT2D eigenvalue weighted by Gasteiger charge is 2.20. The Morgan fingerprint density at radius 1 is 1.25 bits per heavy atom. The molecule has 3 aromatic rings. The lowest BCUT2D eigenvalue weighted by atomic mass is 10.0. The van der Waals surface area contributed by atoms with Gasteiger partial charge in [0.2, 0.25) is 0 Å². The third kappa shape index (κ3) is 6.72. The Bertz CT molecular complexity index is 1100. The van der Waals surface area contributed by atoms with E-state index in [4.69, 9.17) is 11.6 Å². The Morgan fingerprint density at radius 3 is 2.59 bits per heavy atom. The van der Waals surface area contributed by atoms with E-state index < -0.39 is 0 Å². The van der Waals surface area contributed by atoms with Gasteiger partial charge in [-0.25, -0.2) is 9.50 Å². The van der Waals surface area contributed by atoms with Gasteiger partial charge in [-0.05, 0) is 56.0 Å². The molecule has 0 N–H and O–H groups in total. The summed E-state index contributed by atoms with van der Waals surface area (Å²) in [5.41, 5.74) is 3.93. The van der Waals surface area contributed by atoms with Crippen molar-refractivity contribution in [2.24, 2.45) is 10.9 Å². The largest absolute Gasteiger partial charge is 0.292 e. The van der Waals surface area contributed by atoms with Crippen molar-refractivity contribution in [2.45, 2.75) is 47.0 Å². The first kappa shape index (κ1) is 25.2. The molecular formula is C26H31ClN4O. The highest BCUT2D eigenvalue weighted by molar-refractivity contribution is 6.30. The maximum absolute atomic E-state index is 12.3. The van der Waals surface area contributed by atoms with Crippen LogP contribution in [0.2, 0.25) is 5.02 Å². The Labute approximate surface area is 195 Å². The van der Waals surface area contributed by atoms with Crippen LogP contribution >= 0.6 is 11.6 Å². The summed E-state index contributed by atoms with van der Waals surface area (Å²) in [4.78, 5) is 21.0. The first-order valence-corrected chi connectivity index (χ1v) is 11.2. The smallest absolute Gasteiger partial charge is 0.183 e. The zero-order chi connectivity index (χ0) is 23.5. The van der Waals surface area contributed by atoms with Gasteiger partial charge in [-0.15, -0.1) is 0 Å². The molecule has 1 atom stereocenters. The number of imidazole rings is 1. The van der Waals surface area contributed by atoms with Crippen LogP contribution < -0.4 is 0 Å². The van der Waals surface area contributed by atoms with Crippen molar-refractivity contribution in [3.05, 3.63) is 78.2 Å². The summed E-state index contributed by atoms with van der Waals surface area (Å²) in [6.45, 7) is 12.0. The summed E-state index contributed by atoms with van der Waals surface area (Å²) in [6.07, 6.45) is 9.46. The summed E-state index contributed by atoms with van der Waals surface area (Å²) in [5, 5.41) is 4.97. The van der Waals surface area contributed by atoms with E-state index in [-0.39, 0.29) is 5.78 Å². The third-order valence-electron chi connectivity index (χ3n) is 5.08. The number of aliphatic imine (C=N–C) groups is 1. The lowest BCUT2D eigenvalue weighted by Crippen LogP contribution is -2.03. The molecule has 0 bridgehead atoms. The van der Waals surface area contributed by atoms with E-state index in [1.807, 2.05) is 37.3 Å². The first-order valence-electron chi connectivity index (χ1n) is 10.9. The minimum atomic E-state index is 0.0351.